The van der Waals surface area contributed by atoms with Gasteiger partial charge in [-0.25, -0.2) is 14.8 Å². The summed E-state index contributed by atoms with van der Waals surface area (Å²) in [5.74, 6) is -0.814. The van der Waals surface area contributed by atoms with Gasteiger partial charge in [-0.15, -0.1) is 0 Å². The van der Waals surface area contributed by atoms with Crippen LogP contribution in [0.5, 0.6) is 0 Å². The molecular formula is C9H11N3O2. The van der Waals surface area contributed by atoms with Crippen molar-refractivity contribution in [2.45, 2.75) is 6.92 Å². The van der Waals surface area contributed by atoms with Crippen LogP contribution in [-0.2, 0) is 0 Å². The smallest absolute Gasteiger partial charge is 0.374 e. The molecule has 0 saturated carbocycles. The first-order valence-corrected chi connectivity index (χ1v) is 4.15. The van der Waals surface area contributed by atoms with E-state index in [1.807, 2.05) is 19.1 Å². The number of carboxylic acid groups (broad SMARTS) is 1. The van der Waals surface area contributed by atoms with Gasteiger partial charge < -0.3 is 10.4 Å². The lowest BCUT2D eigenvalue weighted by atomic mass is 10.5. The Bertz CT molecular complexity index is 350. The summed E-state index contributed by atoms with van der Waals surface area (Å²) >= 11 is 0. The molecule has 2 N–H and O–H groups in total. The van der Waals surface area contributed by atoms with E-state index in [1.54, 1.807) is 6.07 Å². The number of aromatic nitrogens is 2. The zero-order valence-electron chi connectivity index (χ0n) is 7.77. The predicted molar refractivity (Wildman–Crippen MR) is 52.3 cm³/mol. The zero-order valence-corrected chi connectivity index (χ0v) is 7.77. The van der Waals surface area contributed by atoms with Crippen molar-refractivity contribution in [2.75, 3.05) is 11.9 Å². The molecule has 0 aromatic carbocycles. The Kier molecular flexibility index (Phi) is 3.60. The second-order valence-electron chi connectivity index (χ2n) is 2.52. The lowest BCUT2D eigenvalue weighted by molar-refractivity contribution is 0.0683. The van der Waals surface area contributed by atoms with Gasteiger partial charge in [0.25, 0.3) is 0 Å². The van der Waals surface area contributed by atoms with Gasteiger partial charge in [0.15, 0.2) is 0 Å². The second kappa shape index (κ2) is 4.96. The Morgan fingerprint density at radius 2 is 2.50 bits per heavy atom. The molecule has 0 atom stereocenters. The first kappa shape index (κ1) is 10.2. The first-order valence-electron chi connectivity index (χ1n) is 4.15. The summed E-state index contributed by atoms with van der Waals surface area (Å²) in [5, 5.41) is 11.6. The highest BCUT2D eigenvalue weighted by molar-refractivity contribution is 5.83. The van der Waals surface area contributed by atoms with Gasteiger partial charge in [0, 0.05) is 12.7 Å². The summed E-state index contributed by atoms with van der Waals surface area (Å²) in [6, 6.07) is 1.62. The molecule has 5 heteroatoms. The molecule has 0 spiro atoms. The van der Waals surface area contributed by atoms with Gasteiger partial charge in [0.1, 0.15) is 5.82 Å². The fourth-order valence-electron chi connectivity index (χ4n) is 0.842. The Morgan fingerprint density at radius 1 is 1.71 bits per heavy atom. The van der Waals surface area contributed by atoms with Crippen molar-refractivity contribution in [3.8, 4) is 0 Å². The SMILES string of the molecule is C/C=C/CNc1ccnc(C(=O)O)n1. The number of hydrogen-bond donors (Lipinski definition) is 2. The largest absolute Gasteiger partial charge is 0.475 e. The van der Waals surface area contributed by atoms with Crippen LogP contribution in [0.3, 0.4) is 0 Å². The van der Waals surface area contributed by atoms with Crippen LogP contribution in [0.2, 0.25) is 0 Å². The van der Waals surface area contributed by atoms with Crippen LogP contribution in [0.25, 0.3) is 0 Å². The Hall–Kier alpha value is -1.91. The molecule has 0 aliphatic carbocycles. The molecule has 0 aliphatic heterocycles. The molecule has 0 saturated heterocycles. The van der Waals surface area contributed by atoms with E-state index in [9.17, 15) is 4.79 Å². The van der Waals surface area contributed by atoms with Gasteiger partial charge in [0.2, 0.25) is 5.82 Å². The standard InChI is InChI=1S/C9H11N3O2/c1-2-3-5-10-7-4-6-11-8(12-7)9(13)14/h2-4,6H,5H2,1H3,(H,13,14)(H,10,11,12)/b3-2+. The van der Waals surface area contributed by atoms with E-state index in [1.165, 1.54) is 6.20 Å². The molecule has 0 fully saturated rings. The second-order valence-corrected chi connectivity index (χ2v) is 2.52. The molecule has 5 nitrogen and oxygen atoms in total. The van der Waals surface area contributed by atoms with Crippen molar-refractivity contribution < 1.29 is 9.90 Å². The van der Waals surface area contributed by atoms with E-state index in [0.717, 1.165) is 0 Å². The molecule has 14 heavy (non-hydrogen) atoms. The van der Waals surface area contributed by atoms with Crippen molar-refractivity contribution in [1.29, 1.82) is 0 Å². The van der Waals surface area contributed by atoms with Crippen LogP contribution < -0.4 is 5.32 Å². The molecule has 1 rings (SSSR count). The topological polar surface area (TPSA) is 75.1 Å². The third kappa shape index (κ3) is 2.85. The molecule has 1 aromatic heterocycles. The van der Waals surface area contributed by atoms with Gasteiger partial charge in [0.05, 0.1) is 0 Å². The average Bonchev–Trinajstić information content (AvgIpc) is 2.19. The summed E-state index contributed by atoms with van der Waals surface area (Å²) in [5.41, 5.74) is 0. The number of nitrogens with zero attached hydrogens (tertiary/aromatic N) is 2. The van der Waals surface area contributed by atoms with Crippen LogP contribution in [-0.4, -0.2) is 27.6 Å². The van der Waals surface area contributed by atoms with Crippen molar-refractivity contribution in [1.82, 2.24) is 9.97 Å². The van der Waals surface area contributed by atoms with Gasteiger partial charge in [-0.05, 0) is 13.0 Å². The van der Waals surface area contributed by atoms with E-state index < -0.39 is 5.97 Å². The number of hydrogen-bond acceptors (Lipinski definition) is 4. The number of rotatable bonds is 4. The Morgan fingerprint density at radius 3 is 3.14 bits per heavy atom. The minimum Gasteiger partial charge on any atom is -0.475 e. The molecular weight excluding hydrogens is 182 g/mol. The van der Waals surface area contributed by atoms with Crippen molar-refractivity contribution >= 4 is 11.8 Å². The monoisotopic (exact) mass is 193 g/mol. The quantitative estimate of drug-likeness (QED) is 0.702. The number of carbonyl (C=O) groups is 1. The van der Waals surface area contributed by atoms with Crippen LogP contribution in [0.1, 0.15) is 17.5 Å². The van der Waals surface area contributed by atoms with Gasteiger partial charge in [-0.2, -0.15) is 0 Å². The van der Waals surface area contributed by atoms with Crippen molar-refractivity contribution in [3.05, 3.63) is 30.2 Å². The lowest BCUT2D eigenvalue weighted by Gasteiger charge is -2.01. The summed E-state index contributed by atoms with van der Waals surface area (Å²) in [7, 11) is 0. The number of allylic oxidation sites excluding steroid dienone is 1. The number of anilines is 1. The van der Waals surface area contributed by atoms with Gasteiger partial charge >= 0.3 is 5.97 Å². The summed E-state index contributed by atoms with van der Waals surface area (Å²) in [4.78, 5) is 17.9. The molecule has 0 amide bonds. The van der Waals surface area contributed by atoms with E-state index in [-0.39, 0.29) is 5.82 Å². The van der Waals surface area contributed by atoms with E-state index in [4.69, 9.17) is 5.11 Å². The zero-order chi connectivity index (χ0) is 10.4. The predicted octanol–water partition coefficient (Wildman–Crippen LogP) is 1.16. The molecule has 0 radical (unpaired) electrons. The number of carboxylic acids is 1. The highest BCUT2D eigenvalue weighted by Gasteiger charge is 2.05. The summed E-state index contributed by atoms with van der Waals surface area (Å²) in [6.45, 7) is 2.52. The minimum absolute atomic E-state index is 0.199. The fourth-order valence-corrected chi connectivity index (χ4v) is 0.842. The molecule has 74 valence electrons. The van der Waals surface area contributed by atoms with Crippen molar-refractivity contribution in [3.63, 3.8) is 0 Å². The maximum atomic E-state index is 10.5. The number of nitrogens with one attached hydrogen (secondary N) is 1. The Labute approximate surface area is 81.5 Å². The fraction of sp³-hybridized carbons (Fsp3) is 0.222. The molecule has 1 aromatic rings. The summed E-state index contributed by atoms with van der Waals surface area (Å²) in [6.07, 6.45) is 5.21. The van der Waals surface area contributed by atoms with E-state index in [2.05, 4.69) is 15.3 Å². The number of aromatic carboxylic acids is 1. The third-order valence-corrected chi connectivity index (χ3v) is 1.48. The summed E-state index contributed by atoms with van der Waals surface area (Å²) < 4.78 is 0. The van der Waals surface area contributed by atoms with Crippen LogP contribution in [0.4, 0.5) is 5.82 Å². The van der Waals surface area contributed by atoms with E-state index in [0.29, 0.717) is 12.4 Å². The van der Waals surface area contributed by atoms with Gasteiger partial charge in [-0.3, -0.25) is 0 Å². The minimum atomic E-state index is -1.13. The van der Waals surface area contributed by atoms with Crippen LogP contribution in [0.15, 0.2) is 24.4 Å². The van der Waals surface area contributed by atoms with E-state index >= 15 is 0 Å². The van der Waals surface area contributed by atoms with Crippen LogP contribution in [0, 0.1) is 0 Å². The van der Waals surface area contributed by atoms with Crippen LogP contribution >= 0.6 is 0 Å². The maximum Gasteiger partial charge on any atom is 0.374 e. The highest BCUT2D eigenvalue weighted by Crippen LogP contribution is 2.01. The molecule has 0 bridgehead atoms. The normalized spacial score (nSPS) is 10.4. The molecule has 1 heterocycles. The maximum absolute atomic E-state index is 10.5. The van der Waals surface area contributed by atoms with Gasteiger partial charge in [-0.1, -0.05) is 12.2 Å². The highest BCUT2D eigenvalue weighted by atomic mass is 16.4. The first-order chi connectivity index (χ1) is 6.74. The molecule has 0 aliphatic rings. The average molecular weight is 193 g/mol. The lowest BCUT2D eigenvalue weighted by Crippen LogP contribution is -2.07. The molecule has 0 unspecified atom stereocenters. The van der Waals surface area contributed by atoms with Crippen molar-refractivity contribution in [2.24, 2.45) is 0 Å². The Balaban J connectivity index is 2.68. The third-order valence-electron chi connectivity index (χ3n) is 1.48.